The van der Waals surface area contributed by atoms with E-state index in [1.165, 1.54) is 6.21 Å². The Morgan fingerprint density at radius 1 is 1.21 bits per heavy atom. The van der Waals surface area contributed by atoms with Crippen molar-refractivity contribution in [2.75, 3.05) is 11.9 Å². The first-order chi connectivity index (χ1) is 13.2. The number of hydrogen-bond donors (Lipinski definition) is 5. The first kappa shape index (κ1) is 23.3. The fourth-order valence-electron chi connectivity index (χ4n) is 2.27. The number of benzene rings is 1. The van der Waals surface area contributed by atoms with Crippen LogP contribution in [0.2, 0.25) is 0 Å². The molecule has 0 aliphatic heterocycles. The highest BCUT2D eigenvalue weighted by molar-refractivity contribution is 6.04. The molecule has 1 unspecified atom stereocenters. The van der Waals surface area contributed by atoms with Crippen LogP contribution in [0.15, 0.2) is 29.3 Å². The summed E-state index contributed by atoms with van der Waals surface area (Å²) in [5.74, 6) is -1.59. The van der Waals surface area contributed by atoms with Crippen LogP contribution in [0, 0.1) is 11.8 Å². The Kier molecular flexibility index (Phi) is 9.83. The van der Waals surface area contributed by atoms with Crippen LogP contribution < -0.4 is 22.1 Å². The van der Waals surface area contributed by atoms with E-state index in [-0.39, 0.29) is 18.4 Å². The number of carbonyl (C=O) groups is 3. The molecule has 0 heterocycles. The summed E-state index contributed by atoms with van der Waals surface area (Å²) in [4.78, 5) is 39.2. The summed E-state index contributed by atoms with van der Waals surface area (Å²) in [6, 6.07) is 5.36. The summed E-state index contributed by atoms with van der Waals surface area (Å²) in [6.45, 7) is 3.84. The van der Waals surface area contributed by atoms with Gasteiger partial charge in [-0.1, -0.05) is 26.0 Å². The van der Waals surface area contributed by atoms with E-state index in [0.717, 1.165) is 5.56 Å². The van der Waals surface area contributed by atoms with E-state index in [2.05, 4.69) is 15.6 Å². The smallest absolute Gasteiger partial charge is 0.312 e. The van der Waals surface area contributed by atoms with Crippen LogP contribution in [-0.2, 0) is 16.2 Å². The number of nitrogens with zero attached hydrogens (tertiary/aromatic N) is 1. The number of urea groups is 1. The maximum atomic E-state index is 12.6. The molecule has 0 aliphatic rings. The number of primary amides is 1. The maximum absolute atomic E-state index is 12.6. The van der Waals surface area contributed by atoms with Crippen molar-refractivity contribution in [3.63, 3.8) is 0 Å². The van der Waals surface area contributed by atoms with Gasteiger partial charge in [0.15, 0.2) is 0 Å². The van der Waals surface area contributed by atoms with Crippen molar-refractivity contribution in [1.29, 1.82) is 0 Å². The first-order valence-electron chi connectivity index (χ1n) is 9.12. The third-order valence-corrected chi connectivity index (χ3v) is 4.12. The van der Waals surface area contributed by atoms with Gasteiger partial charge in [0.1, 0.15) is 0 Å². The number of rotatable bonds is 10. The number of aliphatic hydroxyl groups excluding tert-OH is 1. The number of nitrogens with one attached hydrogen (secondary N) is 2. The monoisotopic (exact) mass is 391 g/mol. The number of anilines is 1. The average Bonchev–Trinajstić information content (AvgIpc) is 2.66. The number of amides is 4. The number of aliphatic hydroxyl groups is 1. The SMILES string of the molecule is CC(C)[C@H](N)C(=O)N=CC(CCCNC(N)=O)C(=O)Nc1ccc(CO)cc1. The molecular weight excluding hydrogens is 362 g/mol. The number of aliphatic imine (C=N–C) groups is 1. The lowest BCUT2D eigenvalue weighted by molar-refractivity contribution is -0.119. The van der Waals surface area contributed by atoms with E-state index in [9.17, 15) is 14.4 Å². The van der Waals surface area contributed by atoms with Crippen molar-refractivity contribution >= 4 is 29.7 Å². The standard InChI is InChI=1S/C19H29N5O4/c1-12(2)16(20)18(27)23-10-14(4-3-9-22-19(21)28)17(26)24-15-7-5-13(11-25)6-8-15/h5-8,10,12,14,16,25H,3-4,9,11,20H2,1-2H3,(H,24,26)(H3,21,22,28)/t14?,16-/m0/s1. The number of nitrogens with two attached hydrogens (primary N) is 2. The Morgan fingerprint density at radius 3 is 2.39 bits per heavy atom. The Morgan fingerprint density at radius 2 is 1.86 bits per heavy atom. The molecule has 9 nitrogen and oxygen atoms in total. The largest absolute Gasteiger partial charge is 0.392 e. The molecule has 0 fully saturated rings. The van der Waals surface area contributed by atoms with Crippen molar-refractivity contribution in [3.8, 4) is 0 Å². The molecule has 0 spiro atoms. The highest BCUT2D eigenvalue weighted by Crippen LogP contribution is 2.13. The predicted octanol–water partition coefficient (Wildman–Crippen LogP) is 0.763. The molecule has 0 saturated carbocycles. The topological polar surface area (TPSA) is 160 Å². The Hall–Kier alpha value is -2.78. The second-order valence-corrected chi connectivity index (χ2v) is 6.77. The Balaban J connectivity index is 2.80. The van der Waals surface area contributed by atoms with Gasteiger partial charge in [0, 0.05) is 18.4 Å². The second-order valence-electron chi connectivity index (χ2n) is 6.77. The van der Waals surface area contributed by atoms with E-state index in [4.69, 9.17) is 16.6 Å². The molecule has 28 heavy (non-hydrogen) atoms. The summed E-state index contributed by atoms with van der Waals surface area (Å²) < 4.78 is 0. The van der Waals surface area contributed by atoms with Gasteiger partial charge in [-0.2, -0.15) is 0 Å². The van der Waals surface area contributed by atoms with Gasteiger partial charge in [-0.05, 0) is 36.5 Å². The molecule has 2 atom stereocenters. The molecule has 154 valence electrons. The summed E-state index contributed by atoms with van der Waals surface area (Å²) in [5.41, 5.74) is 12.1. The predicted molar refractivity (Wildman–Crippen MR) is 108 cm³/mol. The minimum Gasteiger partial charge on any atom is -0.392 e. The van der Waals surface area contributed by atoms with E-state index in [1.54, 1.807) is 24.3 Å². The summed E-state index contributed by atoms with van der Waals surface area (Å²) in [5, 5.41) is 14.3. The maximum Gasteiger partial charge on any atom is 0.312 e. The van der Waals surface area contributed by atoms with Gasteiger partial charge in [-0.25, -0.2) is 9.79 Å². The van der Waals surface area contributed by atoms with Crippen LogP contribution in [0.1, 0.15) is 32.3 Å². The lowest BCUT2D eigenvalue weighted by Gasteiger charge is -2.14. The zero-order valence-corrected chi connectivity index (χ0v) is 16.2. The second kappa shape index (κ2) is 11.8. The minimum atomic E-state index is -0.734. The van der Waals surface area contributed by atoms with E-state index in [0.29, 0.717) is 25.1 Å². The van der Waals surface area contributed by atoms with Gasteiger partial charge in [0.2, 0.25) is 5.91 Å². The van der Waals surface area contributed by atoms with Crippen LogP contribution in [0.5, 0.6) is 0 Å². The third kappa shape index (κ3) is 8.28. The van der Waals surface area contributed by atoms with Crippen LogP contribution in [-0.4, -0.2) is 41.8 Å². The molecular formula is C19H29N5O4. The van der Waals surface area contributed by atoms with Gasteiger partial charge < -0.3 is 27.2 Å². The van der Waals surface area contributed by atoms with Crippen molar-refractivity contribution in [2.45, 2.75) is 39.3 Å². The highest BCUT2D eigenvalue weighted by atomic mass is 16.3. The summed E-state index contributed by atoms with van der Waals surface area (Å²) in [7, 11) is 0. The molecule has 0 saturated heterocycles. The van der Waals surface area contributed by atoms with Gasteiger partial charge >= 0.3 is 6.03 Å². The molecule has 4 amide bonds. The average molecular weight is 391 g/mol. The molecule has 1 rings (SSSR count). The zero-order chi connectivity index (χ0) is 21.1. The molecule has 0 aromatic heterocycles. The molecule has 1 aromatic rings. The summed E-state index contributed by atoms with van der Waals surface area (Å²) in [6.07, 6.45) is 2.13. The van der Waals surface area contributed by atoms with Crippen LogP contribution in [0.4, 0.5) is 10.5 Å². The van der Waals surface area contributed by atoms with E-state index < -0.39 is 23.9 Å². The van der Waals surface area contributed by atoms with E-state index >= 15 is 0 Å². The van der Waals surface area contributed by atoms with E-state index in [1.807, 2.05) is 13.8 Å². The normalized spacial score (nSPS) is 13.3. The van der Waals surface area contributed by atoms with Crippen molar-refractivity contribution in [3.05, 3.63) is 29.8 Å². The molecule has 9 heteroatoms. The van der Waals surface area contributed by atoms with Gasteiger partial charge in [0.25, 0.3) is 5.91 Å². The number of hydrogen-bond acceptors (Lipinski definition) is 5. The van der Waals surface area contributed by atoms with Crippen molar-refractivity contribution in [1.82, 2.24) is 5.32 Å². The number of carbonyl (C=O) groups excluding carboxylic acids is 3. The van der Waals surface area contributed by atoms with Crippen molar-refractivity contribution in [2.24, 2.45) is 28.3 Å². The fourth-order valence-corrected chi connectivity index (χ4v) is 2.27. The fraction of sp³-hybridized carbons (Fsp3) is 0.474. The molecule has 1 aromatic carbocycles. The highest BCUT2D eigenvalue weighted by Gasteiger charge is 2.20. The first-order valence-corrected chi connectivity index (χ1v) is 9.12. The van der Waals surface area contributed by atoms with Crippen LogP contribution in [0.3, 0.4) is 0 Å². The van der Waals surface area contributed by atoms with Gasteiger partial charge in [-0.3, -0.25) is 9.59 Å². The third-order valence-electron chi connectivity index (χ3n) is 4.12. The Labute approximate surface area is 164 Å². The zero-order valence-electron chi connectivity index (χ0n) is 16.2. The molecule has 0 aliphatic carbocycles. The Bertz CT molecular complexity index is 688. The van der Waals surface area contributed by atoms with Crippen LogP contribution in [0.25, 0.3) is 0 Å². The lowest BCUT2D eigenvalue weighted by atomic mass is 10.0. The minimum absolute atomic E-state index is 0.0678. The molecule has 7 N–H and O–H groups in total. The quantitative estimate of drug-likeness (QED) is 0.294. The summed E-state index contributed by atoms with van der Waals surface area (Å²) >= 11 is 0. The van der Waals surface area contributed by atoms with Crippen molar-refractivity contribution < 1.29 is 19.5 Å². The lowest BCUT2D eigenvalue weighted by Crippen LogP contribution is -2.35. The van der Waals surface area contributed by atoms with Gasteiger partial charge in [0.05, 0.1) is 18.6 Å². The molecule has 0 bridgehead atoms. The molecule has 0 radical (unpaired) electrons. The van der Waals surface area contributed by atoms with Crippen LogP contribution >= 0.6 is 0 Å². The van der Waals surface area contributed by atoms with Gasteiger partial charge in [-0.15, -0.1) is 0 Å².